The fraction of sp³-hybridized carbons (Fsp3) is 0.188. The lowest BCUT2D eigenvalue weighted by atomic mass is 10.2. The van der Waals surface area contributed by atoms with Gasteiger partial charge in [-0.05, 0) is 30.7 Å². The second-order valence-corrected chi connectivity index (χ2v) is 6.38. The van der Waals surface area contributed by atoms with Crippen LogP contribution in [0.1, 0.15) is 23.7 Å². The van der Waals surface area contributed by atoms with Crippen molar-refractivity contribution >= 4 is 38.6 Å². The number of alkyl halides is 1. The van der Waals surface area contributed by atoms with Gasteiger partial charge in [-0.25, -0.2) is 9.37 Å². The van der Waals surface area contributed by atoms with Crippen LogP contribution in [-0.2, 0) is 6.54 Å². The van der Waals surface area contributed by atoms with Crippen LogP contribution in [0.5, 0.6) is 0 Å². The van der Waals surface area contributed by atoms with Gasteiger partial charge in [-0.2, -0.15) is 0 Å². The highest BCUT2D eigenvalue weighted by Crippen LogP contribution is 2.28. The van der Waals surface area contributed by atoms with E-state index in [0.29, 0.717) is 17.9 Å². The number of imidazole rings is 1. The van der Waals surface area contributed by atoms with E-state index in [1.807, 2.05) is 41.8 Å². The first-order valence-corrected chi connectivity index (χ1v) is 7.83. The fourth-order valence-electron chi connectivity index (χ4n) is 2.40. The molecule has 2 nitrogen and oxygen atoms in total. The fourth-order valence-corrected chi connectivity index (χ4v) is 2.97. The molecular formula is C16H13BrClFN2. The van der Waals surface area contributed by atoms with Gasteiger partial charge >= 0.3 is 0 Å². The Hall–Kier alpha value is -1.39. The molecule has 0 fully saturated rings. The normalized spacial score (nSPS) is 12.8. The molecule has 3 aromatic rings. The summed E-state index contributed by atoms with van der Waals surface area (Å²) in [5.41, 5.74) is 2.22. The van der Waals surface area contributed by atoms with E-state index in [1.165, 1.54) is 6.07 Å². The van der Waals surface area contributed by atoms with E-state index in [9.17, 15) is 4.39 Å². The molecule has 0 saturated heterocycles. The minimum absolute atomic E-state index is 0.292. The van der Waals surface area contributed by atoms with Gasteiger partial charge in [-0.1, -0.05) is 40.2 Å². The molecule has 5 heteroatoms. The average Bonchev–Trinajstić information content (AvgIpc) is 2.82. The lowest BCUT2D eigenvalue weighted by Crippen LogP contribution is -2.06. The summed E-state index contributed by atoms with van der Waals surface area (Å²) in [6.07, 6.45) is 0. The zero-order valence-electron chi connectivity index (χ0n) is 11.4. The Morgan fingerprint density at radius 1 is 1.24 bits per heavy atom. The van der Waals surface area contributed by atoms with Crippen LogP contribution in [0.3, 0.4) is 0 Å². The first-order chi connectivity index (χ1) is 10.1. The van der Waals surface area contributed by atoms with Crippen molar-refractivity contribution in [2.45, 2.75) is 18.8 Å². The molecule has 1 aromatic heterocycles. The molecule has 0 amide bonds. The molecular weight excluding hydrogens is 355 g/mol. The maximum Gasteiger partial charge on any atom is 0.151 e. The topological polar surface area (TPSA) is 17.8 Å². The van der Waals surface area contributed by atoms with E-state index in [4.69, 9.17) is 11.6 Å². The van der Waals surface area contributed by atoms with Gasteiger partial charge in [0.15, 0.2) is 5.82 Å². The number of nitrogens with zero attached hydrogens (tertiary/aromatic N) is 2. The van der Waals surface area contributed by atoms with Crippen molar-refractivity contribution in [2.24, 2.45) is 0 Å². The maximum absolute atomic E-state index is 13.9. The number of para-hydroxylation sites is 1. The maximum atomic E-state index is 13.9. The van der Waals surface area contributed by atoms with E-state index in [2.05, 4.69) is 20.9 Å². The van der Waals surface area contributed by atoms with E-state index in [-0.39, 0.29) is 11.2 Å². The zero-order valence-corrected chi connectivity index (χ0v) is 13.7. The summed E-state index contributed by atoms with van der Waals surface area (Å²) in [5, 5.41) is -0.292. The molecule has 0 aliphatic rings. The van der Waals surface area contributed by atoms with Crippen molar-refractivity contribution in [3.8, 4) is 0 Å². The second kappa shape index (κ2) is 5.78. The lowest BCUT2D eigenvalue weighted by Gasteiger charge is -2.12. The predicted molar refractivity (Wildman–Crippen MR) is 87.2 cm³/mol. The standard InChI is InChI=1S/C16H13BrClFN2/c1-10(18)16-20-15-13(19)7-4-8-14(15)21(16)9-11-5-2-3-6-12(11)17/h2-8,10H,9H2,1H3. The molecule has 1 heterocycles. The molecule has 0 N–H and O–H groups in total. The number of halogens is 3. The van der Waals surface area contributed by atoms with E-state index < -0.39 is 0 Å². The molecule has 0 bridgehead atoms. The largest absolute Gasteiger partial charge is 0.322 e. The SMILES string of the molecule is CC(Cl)c1nc2c(F)cccc2n1Cc1ccccc1Br. The number of benzene rings is 2. The number of hydrogen-bond acceptors (Lipinski definition) is 1. The van der Waals surface area contributed by atoms with Crippen LogP contribution in [0.15, 0.2) is 46.9 Å². The number of hydrogen-bond donors (Lipinski definition) is 0. The molecule has 0 radical (unpaired) electrons. The van der Waals surface area contributed by atoms with Crippen molar-refractivity contribution in [1.29, 1.82) is 0 Å². The Morgan fingerprint density at radius 3 is 2.71 bits per heavy atom. The Bertz CT molecular complexity index is 798. The molecule has 2 aromatic carbocycles. The molecule has 0 saturated carbocycles. The monoisotopic (exact) mass is 366 g/mol. The minimum atomic E-state index is -0.322. The molecule has 3 rings (SSSR count). The summed E-state index contributed by atoms with van der Waals surface area (Å²) in [6, 6.07) is 12.9. The summed E-state index contributed by atoms with van der Waals surface area (Å²) in [6.45, 7) is 2.44. The minimum Gasteiger partial charge on any atom is -0.322 e. The first kappa shape index (κ1) is 14.5. The Labute approximate surface area is 135 Å². The van der Waals surface area contributed by atoms with Gasteiger partial charge in [0.1, 0.15) is 11.3 Å². The van der Waals surface area contributed by atoms with Crippen molar-refractivity contribution in [1.82, 2.24) is 9.55 Å². The van der Waals surface area contributed by atoms with Crippen molar-refractivity contribution in [3.05, 3.63) is 64.1 Å². The Balaban J connectivity index is 2.19. The molecule has 21 heavy (non-hydrogen) atoms. The first-order valence-electron chi connectivity index (χ1n) is 6.60. The van der Waals surface area contributed by atoms with Crippen LogP contribution in [0, 0.1) is 5.82 Å². The molecule has 1 atom stereocenters. The molecule has 0 aliphatic carbocycles. The quantitative estimate of drug-likeness (QED) is 0.575. The van der Waals surface area contributed by atoms with Crippen LogP contribution in [0.4, 0.5) is 4.39 Å². The van der Waals surface area contributed by atoms with E-state index in [0.717, 1.165) is 15.6 Å². The highest BCUT2D eigenvalue weighted by atomic mass is 79.9. The van der Waals surface area contributed by atoms with Gasteiger partial charge in [0.05, 0.1) is 17.4 Å². The van der Waals surface area contributed by atoms with Crippen molar-refractivity contribution in [3.63, 3.8) is 0 Å². The third kappa shape index (κ3) is 2.70. The third-order valence-corrected chi connectivity index (χ3v) is 4.37. The molecule has 1 unspecified atom stereocenters. The van der Waals surface area contributed by atoms with Gasteiger partial charge in [-0.15, -0.1) is 11.6 Å². The molecule has 0 spiro atoms. The Kier molecular flexibility index (Phi) is 4.00. The third-order valence-electron chi connectivity index (χ3n) is 3.40. The van der Waals surface area contributed by atoms with Gasteiger partial charge in [0.25, 0.3) is 0 Å². The number of rotatable bonds is 3. The Morgan fingerprint density at radius 2 is 2.00 bits per heavy atom. The van der Waals surface area contributed by atoms with Crippen LogP contribution in [0.2, 0.25) is 0 Å². The molecule has 0 aliphatic heterocycles. The lowest BCUT2D eigenvalue weighted by molar-refractivity contribution is 0.637. The van der Waals surface area contributed by atoms with Crippen LogP contribution in [-0.4, -0.2) is 9.55 Å². The average molecular weight is 368 g/mol. The van der Waals surface area contributed by atoms with Crippen molar-refractivity contribution in [2.75, 3.05) is 0 Å². The summed E-state index contributed by atoms with van der Waals surface area (Å²) in [4.78, 5) is 4.38. The van der Waals surface area contributed by atoms with Gasteiger partial charge in [-0.3, -0.25) is 0 Å². The predicted octanol–water partition coefficient (Wildman–Crippen LogP) is 5.29. The van der Waals surface area contributed by atoms with Crippen molar-refractivity contribution < 1.29 is 4.39 Å². The van der Waals surface area contributed by atoms with Gasteiger partial charge < -0.3 is 4.57 Å². The smallest absolute Gasteiger partial charge is 0.151 e. The summed E-state index contributed by atoms with van der Waals surface area (Å²) in [5.74, 6) is 0.351. The summed E-state index contributed by atoms with van der Waals surface area (Å²) in [7, 11) is 0. The summed E-state index contributed by atoms with van der Waals surface area (Å²) >= 11 is 9.76. The second-order valence-electron chi connectivity index (χ2n) is 4.87. The summed E-state index contributed by atoms with van der Waals surface area (Å²) < 4.78 is 16.9. The van der Waals surface area contributed by atoms with E-state index in [1.54, 1.807) is 6.07 Å². The highest BCUT2D eigenvalue weighted by molar-refractivity contribution is 9.10. The molecule has 108 valence electrons. The van der Waals surface area contributed by atoms with E-state index >= 15 is 0 Å². The van der Waals surface area contributed by atoms with Gasteiger partial charge in [0, 0.05) is 4.47 Å². The zero-order chi connectivity index (χ0) is 15.0. The number of aromatic nitrogens is 2. The van der Waals surface area contributed by atoms with Crippen LogP contribution >= 0.6 is 27.5 Å². The van der Waals surface area contributed by atoms with Crippen LogP contribution in [0.25, 0.3) is 11.0 Å². The number of fused-ring (bicyclic) bond motifs is 1. The highest BCUT2D eigenvalue weighted by Gasteiger charge is 2.17. The van der Waals surface area contributed by atoms with Gasteiger partial charge in [0.2, 0.25) is 0 Å². The van der Waals surface area contributed by atoms with Crippen LogP contribution < -0.4 is 0 Å².